The van der Waals surface area contributed by atoms with E-state index in [9.17, 15) is 9.90 Å². The summed E-state index contributed by atoms with van der Waals surface area (Å²) in [6.07, 6.45) is -0.573. The summed E-state index contributed by atoms with van der Waals surface area (Å²) in [7, 11) is 0. The number of nitrogens with two attached hydrogens (primary N) is 1. The van der Waals surface area contributed by atoms with Crippen LogP contribution in [0.1, 0.15) is 49.8 Å². The number of aliphatic hydroxyl groups is 1. The van der Waals surface area contributed by atoms with Crippen LogP contribution in [0.4, 0.5) is 0 Å². The molecule has 0 aromatic heterocycles. The molecular weight excluding hydrogens is 230 g/mol. The number of hydrogen-bond donors (Lipinski definition) is 3. The van der Waals surface area contributed by atoms with Gasteiger partial charge in [0.2, 0.25) is 0 Å². The average Bonchev–Trinajstić information content (AvgIpc) is 2.35. The first-order valence-electron chi connectivity index (χ1n) is 6.17. The Balaban J connectivity index is 2.65. The van der Waals surface area contributed by atoms with Gasteiger partial charge in [-0.1, -0.05) is 38.1 Å². The third-order valence-electron chi connectivity index (χ3n) is 3.04. The first-order chi connectivity index (χ1) is 8.41. The second-order valence-corrected chi connectivity index (χ2v) is 4.86. The maximum Gasteiger partial charge on any atom is 0.303 e. The smallest absolute Gasteiger partial charge is 0.303 e. The number of aliphatic hydroxyl groups excluding tert-OH is 1. The molecule has 4 heteroatoms. The second kappa shape index (κ2) is 6.52. The number of rotatable bonds is 6. The normalized spacial score (nSPS) is 14.5. The number of carboxylic acids is 1. The number of carboxylic acid groups (broad SMARTS) is 1. The fraction of sp³-hybridized carbons (Fsp3) is 0.500. The summed E-state index contributed by atoms with van der Waals surface area (Å²) in [5.41, 5.74) is 7.71. The molecule has 0 aliphatic heterocycles. The third-order valence-corrected chi connectivity index (χ3v) is 3.04. The predicted octanol–water partition coefficient (Wildman–Crippen LogP) is 2.04. The predicted molar refractivity (Wildman–Crippen MR) is 70.3 cm³/mol. The van der Waals surface area contributed by atoms with E-state index in [1.54, 1.807) is 0 Å². The summed E-state index contributed by atoms with van der Waals surface area (Å²) in [5, 5.41) is 18.6. The van der Waals surface area contributed by atoms with Crippen molar-refractivity contribution in [3.8, 4) is 0 Å². The van der Waals surface area contributed by atoms with Crippen molar-refractivity contribution in [1.29, 1.82) is 0 Å². The minimum absolute atomic E-state index is 0.0255. The molecule has 0 saturated carbocycles. The number of hydrogen-bond acceptors (Lipinski definition) is 3. The SMILES string of the molecule is CC(C)c1ccc(C(O)C(N)CCC(=O)O)cc1. The molecule has 2 unspecified atom stereocenters. The molecule has 0 aliphatic rings. The fourth-order valence-corrected chi connectivity index (χ4v) is 1.77. The maximum absolute atomic E-state index is 10.4. The molecule has 100 valence electrons. The Morgan fingerprint density at radius 1 is 1.22 bits per heavy atom. The summed E-state index contributed by atoms with van der Waals surface area (Å²) < 4.78 is 0. The van der Waals surface area contributed by atoms with Crippen molar-refractivity contribution in [3.05, 3.63) is 35.4 Å². The molecule has 0 fully saturated rings. The zero-order chi connectivity index (χ0) is 13.7. The van der Waals surface area contributed by atoms with Crippen molar-refractivity contribution >= 4 is 5.97 Å². The van der Waals surface area contributed by atoms with E-state index < -0.39 is 18.1 Å². The molecule has 0 heterocycles. The Bertz CT molecular complexity index is 387. The lowest BCUT2D eigenvalue weighted by molar-refractivity contribution is -0.137. The van der Waals surface area contributed by atoms with E-state index in [4.69, 9.17) is 10.8 Å². The van der Waals surface area contributed by atoms with E-state index in [1.807, 2.05) is 24.3 Å². The van der Waals surface area contributed by atoms with Gasteiger partial charge in [-0.2, -0.15) is 0 Å². The summed E-state index contributed by atoms with van der Waals surface area (Å²) >= 11 is 0. The van der Waals surface area contributed by atoms with E-state index in [0.29, 0.717) is 5.92 Å². The second-order valence-electron chi connectivity index (χ2n) is 4.86. The molecule has 1 rings (SSSR count). The van der Waals surface area contributed by atoms with E-state index >= 15 is 0 Å². The van der Waals surface area contributed by atoms with Gasteiger partial charge in [-0.25, -0.2) is 0 Å². The summed E-state index contributed by atoms with van der Waals surface area (Å²) in [6.45, 7) is 4.20. The highest BCUT2D eigenvalue weighted by Gasteiger charge is 2.17. The van der Waals surface area contributed by atoms with Gasteiger partial charge in [-0.15, -0.1) is 0 Å². The van der Waals surface area contributed by atoms with Gasteiger partial charge in [0.1, 0.15) is 0 Å². The minimum atomic E-state index is -0.896. The Morgan fingerprint density at radius 3 is 2.17 bits per heavy atom. The molecule has 0 aliphatic carbocycles. The Kier molecular flexibility index (Phi) is 5.31. The Labute approximate surface area is 107 Å². The van der Waals surface area contributed by atoms with E-state index in [2.05, 4.69) is 13.8 Å². The van der Waals surface area contributed by atoms with Crippen molar-refractivity contribution < 1.29 is 15.0 Å². The van der Waals surface area contributed by atoms with Crippen LogP contribution in [-0.4, -0.2) is 22.2 Å². The van der Waals surface area contributed by atoms with Crippen LogP contribution in [0.2, 0.25) is 0 Å². The lowest BCUT2D eigenvalue weighted by atomic mass is 9.96. The van der Waals surface area contributed by atoms with Crippen LogP contribution in [-0.2, 0) is 4.79 Å². The van der Waals surface area contributed by atoms with Gasteiger partial charge in [0.25, 0.3) is 0 Å². The van der Waals surface area contributed by atoms with Gasteiger partial charge < -0.3 is 15.9 Å². The highest BCUT2D eigenvalue weighted by Crippen LogP contribution is 2.21. The molecule has 2 atom stereocenters. The van der Waals surface area contributed by atoms with Gasteiger partial charge in [-0.3, -0.25) is 4.79 Å². The number of benzene rings is 1. The van der Waals surface area contributed by atoms with Gasteiger partial charge >= 0.3 is 5.97 Å². The first kappa shape index (κ1) is 14.7. The molecule has 18 heavy (non-hydrogen) atoms. The van der Waals surface area contributed by atoms with E-state index in [1.165, 1.54) is 5.56 Å². The third kappa shape index (κ3) is 4.13. The van der Waals surface area contributed by atoms with Crippen molar-refractivity contribution in [2.24, 2.45) is 5.73 Å². The highest BCUT2D eigenvalue weighted by atomic mass is 16.4. The zero-order valence-corrected chi connectivity index (χ0v) is 10.8. The Hall–Kier alpha value is -1.39. The number of aliphatic carboxylic acids is 1. The quantitative estimate of drug-likeness (QED) is 0.722. The molecule has 0 bridgehead atoms. The largest absolute Gasteiger partial charge is 0.481 e. The molecule has 0 saturated heterocycles. The molecule has 0 radical (unpaired) electrons. The zero-order valence-electron chi connectivity index (χ0n) is 10.8. The van der Waals surface area contributed by atoms with E-state index in [-0.39, 0.29) is 12.8 Å². The molecule has 0 amide bonds. The van der Waals surface area contributed by atoms with Gasteiger partial charge in [0.05, 0.1) is 6.10 Å². The lowest BCUT2D eigenvalue weighted by Gasteiger charge is -2.19. The van der Waals surface area contributed by atoms with Crippen LogP contribution < -0.4 is 5.73 Å². The molecule has 1 aromatic carbocycles. The highest BCUT2D eigenvalue weighted by molar-refractivity contribution is 5.66. The molecule has 4 N–H and O–H groups in total. The topological polar surface area (TPSA) is 83.5 Å². The van der Waals surface area contributed by atoms with Crippen LogP contribution in [0, 0.1) is 0 Å². The molecule has 0 spiro atoms. The lowest BCUT2D eigenvalue weighted by Crippen LogP contribution is -2.29. The van der Waals surface area contributed by atoms with Crippen molar-refractivity contribution in [1.82, 2.24) is 0 Å². The average molecular weight is 251 g/mol. The van der Waals surface area contributed by atoms with Crippen LogP contribution in [0.5, 0.6) is 0 Å². The van der Waals surface area contributed by atoms with Crippen LogP contribution in [0.25, 0.3) is 0 Å². The van der Waals surface area contributed by atoms with Crippen LogP contribution in [0.3, 0.4) is 0 Å². The van der Waals surface area contributed by atoms with Crippen LogP contribution >= 0.6 is 0 Å². The maximum atomic E-state index is 10.4. The summed E-state index contributed by atoms with van der Waals surface area (Å²) in [4.78, 5) is 10.4. The first-order valence-corrected chi connectivity index (χ1v) is 6.17. The van der Waals surface area contributed by atoms with Crippen molar-refractivity contribution in [3.63, 3.8) is 0 Å². The monoisotopic (exact) mass is 251 g/mol. The Morgan fingerprint density at radius 2 is 1.72 bits per heavy atom. The summed E-state index contributed by atoms with van der Waals surface area (Å²) in [5.74, 6) is -0.454. The van der Waals surface area contributed by atoms with E-state index in [0.717, 1.165) is 5.56 Å². The summed E-state index contributed by atoms with van der Waals surface area (Å²) in [6, 6.07) is 7.08. The van der Waals surface area contributed by atoms with Gasteiger partial charge in [0, 0.05) is 12.5 Å². The van der Waals surface area contributed by atoms with Gasteiger partial charge in [0.15, 0.2) is 0 Å². The molecule has 1 aromatic rings. The minimum Gasteiger partial charge on any atom is -0.481 e. The number of carbonyl (C=O) groups is 1. The fourth-order valence-electron chi connectivity index (χ4n) is 1.77. The standard InChI is InChI=1S/C14H21NO3/c1-9(2)10-3-5-11(6-4-10)14(18)12(15)7-8-13(16)17/h3-6,9,12,14,18H,7-8,15H2,1-2H3,(H,16,17). The molecular formula is C14H21NO3. The van der Waals surface area contributed by atoms with Gasteiger partial charge in [-0.05, 0) is 23.5 Å². The van der Waals surface area contributed by atoms with Crippen molar-refractivity contribution in [2.75, 3.05) is 0 Å². The van der Waals surface area contributed by atoms with Crippen LogP contribution in [0.15, 0.2) is 24.3 Å². The molecule has 4 nitrogen and oxygen atoms in total. The van der Waals surface area contributed by atoms with Crippen molar-refractivity contribution in [2.45, 2.75) is 44.8 Å².